The molecule has 170 valence electrons. The molecule has 0 aromatic heterocycles. The summed E-state index contributed by atoms with van der Waals surface area (Å²) in [6.07, 6.45) is 3.47. The minimum Gasteiger partial charge on any atom is -0.484 e. The van der Waals surface area contributed by atoms with E-state index in [4.69, 9.17) is 16.3 Å². The summed E-state index contributed by atoms with van der Waals surface area (Å²) in [6, 6.07) is 3.74. The van der Waals surface area contributed by atoms with Crippen molar-refractivity contribution in [3.8, 4) is 5.75 Å². The summed E-state index contributed by atoms with van der Waals surface area (Å²) in [5.74, 6) is -0.185. The number of rotatable bonds is 7. The van der Waals surface area contributed by atoms with Crippen molar-refractivity contribution in [2.45, 2.75) is 62.8 Å². The molecule has 3 aliphatic carbocycles. The molecular formula is C22H29ClFN3O4. The number of carbonyl (C=O) groups is 2. The van der Waals surface area contributed by atoms with Crippen LogP contribution in [0.1, 0.15) is 39.0 Å². The molecular weight excluding hydrogens is 425 g/mol. The topological polar surface area (TPSA) is 99.7 Å². The Kier molecular flexibility index (Phi) is 6.42. The summed E-state index contributed by atoms with van der Waals surface area (Å²) in [6.45, 7) is 2.29. The van der Waals surface area contributed by atoms with Crippen LogP contribution in [0.25, 0.3) is 0 Å². The first-order chi connectivity index (χ1) is 14.7. The van der Waals surface area contributed by atoms with Gasteiger partial charge >= 0.3 is 0 Å². The normalized spacial score (nSPS) is 32.6. The number of nitrogens with one attached hydrogen (secondary N) is 3. The third-order valence-corrected chi connectivity index (χ3v) is 7.23. The van der Waals surface area contributed by atoms with E-state index in [1.807, 2.05) is 0 Å². The zero-order valence-corrected chi connectivity index (χ0v) is 18.3. The standard InChI is InChI=1S/C22H29ClFN3O4/c1-12(28)13-4-5-25-18(6-13)21(30)27-22-8-14(9-22)19(10-22)26-20(29)11-31-15-2-3-16(23)17(24)7-15/h2-3,7,12-14,18-19,25,28H,4-6,8-11H2,1H3,(H,26,29)(H,27,30)/t12?,13?,14?,18?,19-,22?/m0/s1. The third-order valence-electron chi connectivity index (χ3n) is 6.92. The van der Waals surface area contributed by atoms with E-state index >= 15 is 0 Å². The van der Waals surface area contributed by atoms with Gasteiger partial charge in [0.15, 0.2) is 6.61 Å². The maximum Gasteiger partial charge on any atom is 0.258 e. The molecule has 4 N–H and O–H groups in total. The highest BCUT2D eigenvalue weighted by atomic mass is 35.5. The van der Waals surface area contributed by atoms with Crippen molar-refractivity contribution in [3.05, 3.63) is 29.0 Å². The van der Waals surface area contributed by atoms with E-state index in [1.54, 1.807) is 6.92 Å². The molecule has 7 nitrogen and oxygen atoms in total. The summed E-state index contributed by atoms with van der Waals surface area (Å²) < 4.78 is 18.8. The van der Waals surface area contributed by atoms with Crippen LogP contribution in [0.3, 0.4) is 0 Å². The fourth-order valence-corrected chi connectivity index (χ4v) is 5.32. The number of benzene rings is 1. The highest BCUT2D eigenvalue weighted by Crippen LogP contribution is 2.52. The maximum absolute atomic E-state index is 13.5. The maximum atomic E-state index is 13.5. The van der Waals surface area contributed by atoms with Gasteiger partial charge in [-0.25, -0.2) is 4.39 Å². The number of fused-ring (bicyclic) bond motifs is 1. The van der Waals surface area contributed by atoms with Gasteiger partial charge in [0.2, 0.25) is 5.91 Å². The van der Waals surface area contributed by atoms with Gasteiger partial charge in [-0.2, -0.15) is 0 Å². The van der Waals surface area contributed by atoms with Gasteiger partial charge in [-0.15, -0.1) is 0 Å². The minimum atomic E-state index is -0.596. The predicted octanol–water partition coefficient (Wildman–Crippen LogP) is 1.76. The van der Waals surface area contributed by atoms with Crippen LogP contribution in [0.4, 0.5) is 4.39 Å². The average molecular weight is 454 g/mol. The molecule has 31 heavy (non-hydrogen) atoms. The first-order valence-corrected chi connectivity index (χ1v) is 11.2. The zero-order chi connectivity index (χ0) is 22.2. The molecule has 9 heteroatoms. The number of aliphatic hydroxyl groups is 1. The highest BCUT2D eigenvalue weighted by molar-refractivity contribution is 6.30. The fourth-order valence-electron chi connectivity index (χ4n) is 5.20. The number of aliphatic hydroxyl groups excluding tert-OH is 1. The second-order valence-corrected chi connectivity index (χ2v) is 9.62. The lowest BCUT2D eigenvalue weighted by Crippen LogP contribution is -2.58. The van der Waals surface area contributed by atoms with Crippen LogP contribution >= 0.6 is 11.6 Å². The summed E-state index contributed by atoms with van der Waals surface area (Å²) in [7, 11) is 0. The Morgan fingerprint density at radius 2 is 2.16 bits per heavy atom. The number of halogens is 2. The molecule has 2 bridgehead atoms. The summed E-state index contributed by atoms with van der Waals surface area (Å²) in [5.41, 5.74) is -0.265. The van der Waals surface area contributed by atoms with Gasteiger partial charge in [0.1, 0.15) is 11.6 Å². The van der Waals surface area contributed by atoms with Crippen molar-refractivity contribution in [2.24, 2.45) is 11.8 Å². The van der Waals surface area contributed by atoms with E-state index in [2.05, 4.69) is 16.0 Å². The molecule has 4 fully saturated rings. The van der Waals surface area contributed by atoms with E-state index in [9.17, 15) is 19.1 Å². The van der Waals surface area contributed by atoms with Gasteiger partial charge in [-0.05, 0) is 69.5 Å². The Morgan fingerprint density at radius 3 is 2.87 bits per heavy atom. The van der Waals surface area contributed by atoms with Crippen LogP contribution in [0.2, 0.25) is 5.02 Å². The lowest BCUT2D eigenvalue weighted by atomic mass is 9.76. The molecule has 5 rings (SSSR count). The number of ether oxygens (including phenoxy) is 1. The van der Waals surface area contributed by atoms with Crippen molar-refractivity contribution in [1.82, 2.24) is 16.0 Å². The molecule has 1 aromatic carbocycles. The number of carbonyl (C=O) groups excluding carboxylic acids is 2. The summed E-state index contributed by atoms with van der Waals surface area (Å²) >= 11 is 5.64. The molecule has 0 spiro atoms. The van der Waals surface area contributed by atoms with Crippen LogP contribution in [-0.4, -0.2) is 53.8 Å². The van der Waals surface area contributed by atoms with E-state index < -0.39 is 11.9 Å². The van der Waals surface area contributed by atoms with E-state index in [-0.39, 0.29) is 52.7 Å². The number of amides is 2. The lowest BCUT2D eigenvalue weighted by molar-refractivity contribution is -0.127. The van der Waals surface area contributed by atoms with Gasteiger partial charge in [0, 0.05) is 17.6 Å². The summed E-state index contributed by atoms with van der Waals surface area (Å²) in [5, 5.41) is 19.3. The molecule has 4 aliphatic rings. The first-order valence-electron chi connectivity index (χ1n) is 10.9. The predicted molar refractivity (Wildman–Crippen MR) is 113 cm³/mol. The Balaban J connectivity index is 1.24. The van der Waals surface area contributed by atoms with E-state index in [0.717, 1.165) is 31.9 Å². The Hall–Kier alpha value is -1.90. The number of hydrogen-bond donors (Lipinski definition) is 4. The van der Waals surface area contributed by atoms with Crippen molar-refractivity contribution in [3.63, 3.8) is 0 Å². The molecule has 3 saturated carbocycles. The van der Waals surface area contributed by atoms with Gasteiger partial charge < -0.3 is 25.8 Å². The van der Waals surface area contributed by atoms with Crippen molar-refractivity contribution < 1.29 is 23.8 Å². The monoisotopic (exact) mass is 453 g/mol. The molecule has 2 amide bonds. The van der Waals surface area contributed by atoms with Crippen LogP contribution in [-0.2, 0) is 9.59 Å². The van der Waals surface area contributed by atoms with Gasteiger partial charge in [-0.3, -0.25) is 9.59 Å². The largest absolute Gasteiger partial charge is 0.484 e. The molecule has 1 heterocycles. The quantitative estimate of drug-likeness (QED) is 0.504. The van der Waals surface area contributed by atoms with E-state index in [1.165, 1.54) is 12.1 Å². The van der Waals surface area contributed by atoms with Crippen molar-refractivity contribution in [2.75, 3.05) is 13.2 Å². The second kappa shape index (κ2) is 8.92. The highest BCUT2D eigenvalue weighted by Gasteiger charge is 2.57. The Labute approximate surface area is 186 Å². The van der Waals surface area contributed by atoms with Crippen LogP contribution < -0.4 is 20.7 Å². The van der Waals surface area contributed by atoms with Gasteiger partial charge in [-0.1, -0.05) is 11.6 Å². The molecule has 1 aliphatic heterocycles. The SMILES string of the molecule is CC(O)C1CCNC(C(=O)NC23CC(C2)[C@@H](NC(=O)COc2ccc(Cl)c(F)c2)C3)C1. The van der Waals surface area contributed by atoms with Crippen LogP contribution in [0, 0.1) is 17.7 Å². The average Bonchev–Trinajstić information content (AvgIpc) is 3.22. The van der Waals surface area contributed by atoms with Crippen LogP contribution in [0.15, 0.2) is 18.2 Å². The molecule has 1 saturated heterocycles. The number of hydrogen-bond acceptors (Lipinski definition) is 5. The molecule has 0 radical (unpaired) electrons. The lowest BCUT2D eigenvalue weighted by Gasteiger charge is -2.41. The minimum absolute atomic E-state index is 0.000280. The molecule has 3 unspecified atom stereocenters. The zero-order valence-electron chi connectivity index (χ0n) is 17.5. The fraction of sp³-hybridized carbons (Fsp3) is 0.636. The van der Waals surface area contributed by atoms with Crippen molar-refractivity contribution >= 4 is 23.4 Å². The Morgan fingerprint density at radius 1 is 1.39 bits per heavy atom. The van der Waals surface area contributed by atoms with Gasteiger partial charge in [0.25, 0.3) is 5.91 Å². The molecule has 1 aromatic rings. The third kappa shape index (κ3) is 4.96. The smallest absolute Gasteiger partial charge is 0.258 e. The summed E-state index contributed by atoms with van der Waals surface area (Å²) in [4.78, 5) is 25.1. The molecule has 4 atom stereocenters. The van der Waals surface area contributed by atoms with E-state index in [0.29, 0.717) is 18.8 Å². The first kappa shape index (κ1) is 22.3. The van der Waals surface area contributed by atoms with Crippen LogP contribution in [0.5, 0.6) is 5.75 Å². The number of piperidine rings is 1. The van der Waals surface area contributed by atoms with Crippen molar-refractivity contribution in [1.29, 1.82) is 0 Å². The Bertz CT molecular complexity index is 846. The second-order valence-electron chi connectivity index (χ2n) is 9.21. The van der Waals surface area contributed by atoms with Gasteiger partial charge in [0.05, 0.1) is 17.2 Å².